The monoisotopic (exact) mass is 312 g/mol. The van der Waals surface area contributed by atoms with Crippen molar-refractivity contribution >= 4 is 16.9 Å². The Labute approximate surface area is 131 Å². The summed E-state index contributed by atoms with van der Waals surface area (Å²) in [5.74, 6) is -0.876. The van der Waals surface area contributed by atoms with Crippen molar-refractivity contribution in [3.05, 3.63) is 76.1 Å². The zero-order chi connectivity index (χ0) is 16.4. The topological polar surface area (TPSA) is 61.2 Å². The Balaban J connectivity index is 1.99. The summed E-state index contributed by atoms with van der Waals surface area (Å²) >= 11 is 0. The fraction of sp³-hybridized carbons (Fsp3) is 0.118. The third-order valence-corrected chi connectivity index (χ3v) is 3.49. The Kier molecular flexibility index (Phi) is 3.89. The zero-order valence-electron chi connectivity index (χ0n) is 12.3. The maximum absolute atomic E-state index is 13.2. The van der Waals surface area contributed by atoms with Crippen LogP contribution in [0.3, 0.4) is 0 Å². The van der Waals surface area contributed by atoms with E-state index < -0.39 is 11.8 Å². The Bertz CT molecular complexity index is 950. The molecule has 0 atom stereocenters. The van der Waals surface area contributed by atoms with Crippen molar-refractivity contribution in [2.45, 2.75) is 6.54 Å². The maximum atomic E-state index is 13.2. The molecule has 0 N–H and O–H groups in total. The van der Waals surface area contributed by atoms with Crippen LogP contribution in [-0.2, 0) is 11.3 Å². The van der Waals surface area contributed by atoms with E-state index in [0.717, 1.165) is 5.56 Å². The lowest BCUT2D eigenvalue weighted by Gasteiger charge is -2.08. The van der Waals surface area contributed by atoms with E-state index in [1.54, 1.807) is 24.3 Å². The van der Waals surface area contributed by atoms with Crippen LogP contribution < -0.4 is 5.56 Å². The van der Waals surface area contributed by atoms with E-state index >= 15 is 0 Å². The van der Waals surface area contributed by atoms with Crippen LogP contribution in [0.5, 0.6) is 0 Å². The molecule has 0 spiro atoms. The van der Waals surface area contributed by atoms with Gasteiger partial charge in [-0.1, -0.05) is 12.1 Å². The average molecular weight is 312 g/mol. The average Bonchev–Trinajstić information content (AvgIpc) is 2.57. The van der Waals surface area contributed by atoms with Crippen LogP contribution in [0.2, 0.25) is 0 Å². The first-order chi connectivity index (χ1) is 11.1. The van der Waals surface area contributed by atoms with Gasteiger partial charge in [-0.15, -0.1) is 0 Å². The van der Waals surface area contributed by atoms with E-state index in [2.05, 4.69) is 9.72 Å². The minimum Gasteiger partial charge on any atom is -0.465 e. The summed E-state index contributed by atoms with van der Waals surface area (Å²) < 4.78 is 19.3. The van der Waals surface area contributed by atoms with Gasteiger partial charge in [0.2, 0.25) is 0 Å². The Morgan fingerprint density at radius 1 is 1.26 bits per heavy atom. The predicted molar refractivity (Wildman–Crippen MR) is 82.8 cm³/mol. The number of aromatic nitrogens is 2. The van der Waals surface area contributed by atoms with Gasteiger partial charge < -0.3 is 4.74 Å². The molecule has 3 aromatic rings. The summed E-state index contributed by atoms with van der Waals surface area (Å²) in [5.41, 5.74) is 1.22. The first-order valence-corrected chi connectivity index (χ1v) is 6.90. The molecule has 0 unspecified atom stereocenters. The number of fused-ring (bicyclic) bond motifs is 1. The molecule has 0 saturated heterocycles. The summed E-state index contributed by atoms with van der Waals surface area (Å²) in [6.07, 6.45) is 1.37. The molecule has 0 aliphatic carbocycles. The molecule has 0 amide bonds. The molecule has 5 nitrogen and oxygen atoms in total. The summed E-state index contributed by atoms with van der Waals surface area (Å²) in [6, 6.07) is 10.7. The highest BCUT2D eigenvalue weighted by molar-refractivity contribution is 5.89. The van der Waals surface area contributed by atoms with Crippen molar-refractivity contribution in [3.63, 3.8) is 0 Å². The molecular weight excluding hydrogens is 299 g/mol. The number of hydrogen-bond donors (Lipinski definition) is 0. The van der Waals surface area contributed by atoms with Crippen molar-refractivity contribution in [1.29, 1.82) is 0 Å². The van der Waals surface area contributed by atoms with Crippen LogP contribution in [0, 0.1) is 5.82 Å². The standard InChI is InChI=1S/C17H13FN2O3/c1-23-17(22)12-4-2-3-11(7-12)9-20-10-19-15-8-13(18)5-6-14(15)16(20)21/h2-8,10H,9H2,1H3. The van der Waals surface area contributed by atoms with Crippen molar-refractivity contribution in [1.82, 2.24) is 9.55 Å². The SMILES string of the molecule is COC(=O)c1cccc(Cn2cnc3cc(F)ccc3c2=O)c1. The number of halogens is 1. The first kappa shape index (κ1) is 14.9. The highest BCUT2D eigenvalue weighted by Gasteiger charge is 2.08. The Morgan fingerprint density at radius 3 is 2.87 bits per heavy atom. The third-order valence-electron chi connectivity index (χ3n) is 3.49. The normalized spacial score (nSPS) is 10.7. The number of hydrogen-bond acceptors (Lipinski definition) is 4. The van der Waals surface area contributed by atoms with E-state index in [0.29, 0.717) is 16.5 Å². The van der Waals surface area contributed by atoms with Gasteiger partial charge >= 0.3 is 5.97 Å². The van der Waals surface area contributed by atoms with Crippen LogP contribution in [-0.4, -0.2) is 22.6 Å². The number of carbonyl (C=O) groups is 1. The lowest BCUT2D eigenvalue weighted by molar-refractivity contribution is 0.0600. The molecule has 0 saturated carbocycles. The molecule has 116 valence electrons. The van der Waals surface area contributed by atoms with Crippen LogP contribution in [0.1, 0.15) is 15.9 Å². The van der Waals surface area contributed by atoms with Gasteiger partial charge in [-0.25, -0.2) is 14.2 Å². The van der Waals surface area contributed by atoms with Gasteiger partial charge in [-0.05, 0) is 29.8 Å². The second-order valence-electron chi connectivity index (χ2n) is 5.03. The Hall–Kier alpha value is -3.02. The predicted octanol–water partition coefficient (Wildman–Crippen LogP) is 2.37. The largest absolute Gasteiger partial charge is 0.465 e. The number of carbonyl (C=O) groups excluding carboxylic acids is 1. The van der Waals surface area contributed by atoms with Crippen LogP contribution in [0.15, 0.2) is 53.6 Å². The summed E-state index contributed by atoms with van der Waals surface area (Å²) in [5, 5.41) is 0.345. The van der Waals surface area contributed by atoms with Gasteiger partial charge in [-0.3, -0.25) is 9.36 Å². The zero-order valence-corrected chi connectivity index (χ0v) is 12.3. The number of nitrogens with zero attached hydrogens (tertiary/aromatic N) is 2. The number of esters is 1. The second-order valence-corrected chi connectivity index (χ2v) is 5.03. The van der Waals surface area contributed by atoms with E-state index in [1.807, 2.05) is 0 Å². The molecule has 0 aliphatic rings. The third kappa shape index (κ3) is 2.96. The summed E-state index contributed by atoms with van der Waals surface area (Å²) in [4.78, 5) is 28.1. The highest BCUT2D eigenvalue weighted by Crippen LogP contribution is 2.11. The van der Waals surface area contributed by atoms with Crippen LogP contribution >= 0.6 is 0 Å². The fourth-order valence-corrected chi connectivity index (χ4v) is 2.36. The molecule has 6 heteroatoms. The van der Waals surface area contributed by atoms with Crippen molar-refractivity contribution in [2.75, 3.05) is 7.11 Å². The number of benzene rings is 2. The lowest BCUT2D eigenvalue weighted by Crippen LogP contribution is -2.21. The smallest absolute Gasteiger partial charge is 0.337 e. The molecule has 2 aromatic carbocycles. The lowest BCUT2D eigenvalue weighted by atomic mass is 10.1. The van der Waals surface area contributed by atoms with Gasteiger partial charge in [-0.2, -0.15) is 0 Å². The van der Waals surface area contributed by atoms with Gasteiger partial charge in [0.15, 0.2) is 0 Å². The van der Waals surface area contributed by atoms with Crippen LogP contribution in [0.4, 0.5) is 4.39 Å². The van der Waals surface area contributed by atoms with Crippen molar-refractivity contribution in [2.24, 2.45) is 0 Å². The van der Waals surface area contributed by atoms with Crippen molar-refractivity contribution in [3.8, 4) is 0 Å². The highest BCUT2D eigenvalue weighted by atomic mass is 19.1. The maximum Gasteiger partial charge on any atom is 0.337 e. The van der Waals surface area contributed by atoms with Gasteiger partial charge in [0.05, 0.1) is 36.4 Å². The fourth-order valence-electron chi connectivity index (χ4n) is 2.36. The molecule has 1 aromatic heterocycles. The minimum absolute atomic E-state index is 0.254. The molecule has 1 heterocycles. The van der Waals surface area contributed by atoms with Crippen LogP contribution in [0.25, 0.3) is 10.9 Å². The molecule has 0 bridgehead atoms. The quantitative estimate of drug-likeness (QED) is 0.697. The first-order valence-electron chi connectivity index (χ1n) is 6.90. The van der Waals surface area contributed by atoms with E-state index in [-0.39, 0.29) is 12.1 Å². The molecule has 3 rings (SSSR count). The van der Waals surface area contributed by atoms with Gasteiger partial charge in [0, 0.05) is 6.07 Å². The molecule has 0 fully saturated rings. The number of ether oxygens (including phenoxy) is 1. The minimum atomic E-state index is -0.439. The van der Waals surface area contributed by atoms with Gasteiger partial charge in [0.25, 0.3) is 5.56 Å². The van der Waals surface area contributed by atoms with E-state index in [1.165, 1.54) is 36.2 Å². The van der Waals surface area contributed by atoms with E-state index in [4.69, 9.17) is 0 Å². The van der Waals surface area contributed by atoms with Gasteiger partial charge in [0.1, 0.15) is 5.82 Å². The second kappa shape index (κ2) is 6.00. The van der Waals surface area contributed by atoms with Crippen molar-refractivity contribution < 1.29 is 13.9 Å². The number of methoxy groups -OCH3 is 1. The molecule has 0 aliphatic heterocycles. The summed E-state index contributed by atoms with van der Waals surface area (Å²) in [6.45, 7) is 0.254. The molecule has 0 radical (unpaired) electrons. The van der Waals surface area contributed by atoms with E-state index in [9.17, 15) is 14.0 Å². The number of rotatable bonds is 3. The molecular formula is C17H13FN2O3. The molecule has 23 heavy (non-hydrogen) atoms. The Morgan fingerprint density at radius 2 is 2.09 bits per heavy atom. The summed E-state index contributed by atoms with van der Waals surface area (Å²) in [7, 11) is 1.31.